The monoisotopic (exact) mass is 354 g/mol. The molecule has 2 aromatic rings. The Bertz CT molecular complexity index is 837. The third kappa shape index (κ3) is 3.94. The van der Waals surface area contributed by atoms with Crippen LogP contribution in [0.3, 0.4) is 0 Å². The molecule has 0 aliphatic heterocycles. The van der Waals surface area contributed by atoms with Gasteiger partial charge in [-0.25, -0.2) is 23.1 Å². The van der Waals surface area contributed by atoms with Gasteiger partial charge >= 0.3 is 11.9 Å². The van der Waals surface area contributed by atoms with E-state index in [0.29, 0.717) is 0 Å². The van der Waals surface area contributed by atoms with Crippen molar-refractivity contribution in [1.82, 2.24) is 15.0 Å². The molecule has 132 valence electrons. The van der Waals surface area contributed by atoms with Crippen molar-refractivity contribution in [2.24, 2.45) is 0 Å². The number of carbonyl (C=O) groups excluding carboxylic acids is 3. The van der Waals surface area contributed by atoms with Gasteiger partial charge in [-0.2, -0.15) is 0 Å². The van der Waals surface area contributed by atoms with Gasteiger partial charge in [-0.05, 0) is 12.1 Å². The highest BCUT2D eigenvalue weighted by Gasteiger charge is 2.27. The van der Waals surface area contributed by atoms with Gasteiger partial charge in [-0.1, -0.05) is 5.21 Å². The number of halogens is 2. The zero-order chi connectivity index (χ0) is 18.6. The molecule has 0 saturated heterocycles. The van der Waals surface area contributed by atoms with Crippen LogP contribution in [0, 0.1) is 11.6 Å². The summed E-state index contributed by atoms with van der Waals surface area (Å²) in [5, 5.41) is 9.11. The molecule has 1 aromatic heterocycles. The molecular formula is C14H12F2N4O5. The van der Waals surface area contributed by atoms with E-state index in [1.807, 2.05) is 0 Å². The summed E-state index contributed by atoms with van der Waals surface area (Å²) in [6.07, 6.45) is 0. The maximum absolute atomic E-state index is 13.5. The standard InChI is InChI=1S/C14H12F2N4O5/c1-24-13(22)11-12(14(23)25-2)20(19-18-11)6-10(21)17-9-5-7(15)3-4-8(9)16/h3-5H,6H2,1-2H3,(H,17,21). The largest absolute Gasteiger partial charge is 0.464 e. The second-order valence-electron chi connectivity index (χ2n) is 4.60. The third-order valence-electron chi connectivity index (χ3n) is 2.99. The predicted octanol–water partition coefficient (Wildman–Crippen LogP) is 0.768. The normalized spacial score (nSPS) is 10.2. The zero-order valence-electron chi connectivity index (χ0n) is 13.1. The Hall–Kier alpha value is -3.37. The highest BCUT2D eigenvalue weighted by atomic mass is 19.1. The zero-order valence-corrected chi connectivity index (χ0v) is 13.1. The van der Waals surface area contributed by atoms with Crippen molar-refractivity contribution in [1.29, 1.82) is 0 Å². The van der Waals surface area contributed by atoms with Gasteiger partial charge in [0.2, 0.25) is 11.6 Å². The van der Waals surface area contributed by atoms with Gasteiger partial charge in [-0.3, -0.25) is 4.79 Å². The Labute approximate surface area is 139 Å². The molecule has 1 aromatic carbocycles. The summed E-state index contributed by atoms with van der Waals surface area (Å²) in [5.41, 5.74) is -1.25. The molecule has 25 heavy (non-hydrogen) atoms. The maximum atomic E-state index is 13.5. The molecular weight excluding hydrogens is 342 g/mol. The molecule has 0 fully saturated rings. The first kappa shape index (κ1) is 18.0. The Morgan fingerprint density at radius 3 is 2.48 bits per heavy atom. The van der Waals surface area contributed by atoms with E-state index in [9.17, 15) is 23.2 Å². The first-order chi connectivity index (χ1) is 11.9. The smallest absolute Gasteiger partial charge is 0.361 e. The fraction of sp³-hybridized carbons (Fsp3) is 0.214. The molecule has 0 spiro atoms. The van der Waals surface area contributed by atoms with E-state index >= 15 is 0 Å². The van der Waals surface area contributed by atoms with Crippen molar-refractivity contribution in [3.05, 3.63) is 41.2 Å². The molecule has 0 unspecified atom stereocenters. The SMILES string of the molecule is COC(=O)c1nnn(CC(=O)Nc2cc(F)ccc2F)c1C(=O)OC. The lowest BCUT2D eigenvalue weighted by molar-refractivity contribution is -0.117. The molecule has 1 amide bonds. The van der Waals surface area contributed by atoms with Gasteiger partial charge in [0.25, 0.3) is 0 Å². The van der Waals surface area contributed by atoms with Gasteiger partial charge in [0.1, 0.15) is 18.2 Å². The van der Waals surface area contributed by atoms with Crippen molar-refractivity contribution in [3.8, 4) is 0 Å². The molecule has 9 nitrogen and oxygen atoms in total. The minimum atomic E-state index is -0.977. The highest BCUT2D eigenvalue weighted by molar-refractivity contribution is 6.01. The summed E-state index contributed by atoms with van der Waals surface area (Å²) in [6.45, 7) is -0.607. The second kappa shape index (κ2) is 7.47. The molecule has 2 rings (SSSR count). The summed E-state index contributed by atoms with van der Waals surface area (Å²) < 4.78 is 36.4. The Morgan fingerprint density at radius 1 is 1.16 bits per heavy atom. The van der Waals surface area contributed by atoms with E-state index in [2.05, 4.69) is 25.1 Å². The topological polar surface area (TPSA) is 112 Å². The van der Waals surface area contributed by atoms with Gasteiger partial charge < -0.3 is 14.8 Å². The third-order valence-corrected chi connectivity index (χ3v) is 2.99. The van der Waals surface area contributed by atoms with Crippen LogP contribution in [-0.4, -0.2) is 47.1 Å². The minimum Gasteiger partial charge on any atom is -0.464 e. The number of nitrogens with one attached hydrogen (secondary N) is 1. The Balaban J connectivity index is 2.26. The highest BCUT2D eigenvalue weighted by Crippen LogP contribution is 2.15. The average molecular weight is 354 g/mol. The number of amides is 1. The van der Waals surface area contributed by atoms with Gasteiger partial charge in [0.15, 0.2) is 5.69 Å². The second-order valence-corrected chi connectivity index (χ2v) is 4.60. The van der Waals surface area contributed by atoms with Crippen LogP contribution < -0.4 is 5.32 Å². The first-order valence-corrected chi connectivity index (χ1v) is 6.72. The quantitative estimate of drug-likeness (QED) is 0.789. The number of anilines is 1. The van der Waals surface area contributed by atoms with Crippen LogP contribution in [0.1, 0.15) is 21.0 Å². The van der Waals surface area contributed by atoms with Crippen LogP contribution in [0.2, 0.25) is 0 Å². The van der Waals surface area contributed by atoms with Crippen LogP contribution in [-0.2, 0) is 20.8 Å². The molecule has 1 heterocycles. The summed E-state index contributed by atoms with van der Waals surface area (Å²) in [5.74, 6) is -4.37. The van der Waals surface area contributed by atoms with E-state index in [4.69, 9.17) is 0 Å². The van der Waals surface area contributed by atoms with Crippen molar-refractivity contribution >= 4 is 23.5 Å². The maximum Gasteiger partial charge on any atom is 0.361 e. The summed E-state index contributed by atoms with van der Waals surface area (Å²) >= 11 is 0. The molecule has 0 radical (unpaired) electrons. The van der Waals surface area contributed by atoms with Crippen LogP contribution in [0.4, 0.5) is 14.5 Å². The molecule has 0 aliphatic rings. The van der Waals surface area contributed by atoms with Crippen molar-refractivity contribution in [2.75, 3.05) is 19.5 Å². The number of benzene rings is 1. The number of hydrogen-bond acceptors (Lipinski definition) is 7. The Kier molecular flexibility index (Phi) is 5.37. The van der Waals surface area contributed by atoms with Crippen LogP contribution in [0.5, 0.6) is 0 Å². The van der Waals surface area contributed by atoms with E-state index in [0.717, 1.165) is 37.1 Å². The van der Waals surface area contributed by atoms with Crippen molar-refractivity contribution < 1.29 is 32.6 Å². The Morgan fingerprint density at radius 2 is 1.84 bits per heavy atom. The molecule has 0 aliphatic carbocycles. The van der Waals surface area contributed by atoms with Crippen LogP contribution >= 0.6 is 0 Å². The molecule has 11 heteroatoms. The molecule has 0 saturated carbocycles. The van der Waals surface area contributed by atoms with E-state index in [1.165, 1.54) is 0 Å². The molecule has 1 N–H and O–H groups in total. The minimum absolute atomic E-state index is 0.391. The molecule has 0 bridgehead atoms. The van der Waals surface area contributed by atoms with Crippen LogP contribution in [0.15, 0.2) is 18.2 Å². The lowest BCUT2D eigenvalue weighted by atomic mass is 10.3. The number of aromatic nitrogens is 3. The first-order valence-electron chi connectivity index (χ1n) is 6.72. The van der Waals surface area contributed by atoms with Crippen molar-refractivity contribution in [3.63, 3.8) is 0 Å². The number of methoxy groups -OCH3 is 2. The van der Waals surface area contributed by atoms with E-state index < -0.39 is 53.1 Å². The lowest BCUT2D eigenvalue weighted by Crippen LogP contribution is -2.24. The fourth-order valence-electron chi connectivity index (χ4n) is 1.88. The van der Waals surface area contributed by atoms with E-state index in [1.54, 1.807) is 0 Å². The molecule has 0 atom stereocenters. The number of nitrogens with zero attached hydrogens (tertiary/aromatic N) is 3. The van der Waals surface area contributed by atoms with Gasteiger partial charge in [-0.15, -0.1) is 5.10 Å². The van der Waals surface area contributed by atoms with E-state index in [-0.39, 0.29) is 0 Å². The summed E-state index contributed by atoms with van der Waals surface area (Å²) in [4.78, 5) is 35.4. The van der Waals surface area contributed by atoms with Gasteiger partial charge in [0, 0.05) is 6.07 Å². The van der Waals surface area contributed by atoms with Crippen molar-refractivity contribution in [2.45, 2.75) is 6.54 Å². The lowest BCUT2D eigenvalue weighted by Gasteiger charge is -2.08. The van der Waals surface area contributed by atoms with Crippen LogP contribution in [0.25, 0.3) is 0 Å². The number of esters is 2. The number of carbonyl (C=O) groups is 3. The summed E-state index contributed by atoms with van der Waals surface area (Å²) in [7, 11) is 2.13. The number of hydrogen-bond donors (Lipinski definition) is 1. The average Bonchev–Trinajstić information content (AvgIpc) is 3.00. The number of ether oxygens (including phenoxy) is 2. The van der Waals surface area contributed by atoms with Gasteiger partial charge in [0.05, 0.1) is 19.9 Å². The fourth-order valence-corrected chi connectivity index (χ4v) is 1.88. The summed E-state index contributed by atoms with van der Waals surface area (Å²) in [6, 6.07) is 2.52. The number of rotatable bonds is 5. The predicted molar refractivity (Wildman–Crippen MR) is 77.7 cm³/mol.